The fourth-order valence-electron chi connectivity index (χ4n) is 1.88. The molecule has 1 aliphatic rings. The number of nitrogens with zero attached hydrogens (tertiary/aromatic N) is 3. The number of nitrogens with one attached hydrogen (secondary N) is 1. The van der Waals surface area contributed by atoms with Gasteiger partial charge in [0, 0.05) is 20.8 Å². The average Bonchev–Trinajstić information content (AvgIpc) is 2.75. The van der Waals surface area contributed by atoms with E-state index >= 15 is 0 Å². The third kappa shape index (κ3) is 2.08. The number of hydrogen-bond acceptors (Lipinski definition) is 6. The van der Waals surface area contributed by atoms with E-state index < -0.39 is 12.3 Å². The number of aromatic nitrogens is 3. The average molecular weight is 242 g/mol. The monoisotopic (exact) mass is 242 g/mol. The zero-order chi connectivity index (χ0) is 12.4. The Bertz CT molecular complexity index is 415. The van der Waals surface area contributed by atoms with Gasteiger partial charge in [-0.25, -0.2) is 9.48 Å². The molecule has 0 radical (unpaired) electrons. The molecule has 1 atom stereocenters. The SMILES string of the molecule is COC(OC)C1CCNc2nc(C(=O)O)nn21. The quantitative estimate of drug-likeness (QED) is 0.714. The van der Waals surface area contributed by atoms with Crippen molar-refractivity contribution in [3.8, 4) is 0 Å². The van der Waals surface area contributed by atoms with Gasteiger partial charge in [-0.1, -0.05) is 0 Å². The first-order valence-electron chi connectivity index (χ1n) is 5.16. The largest absolute Gasteiger partial charge is 0.475 e. The Morgan fingerprint density at radius 3 is 2.88 bits per heavy atom. The topological polar surface area (TPSA) is 98.5 Å². The molecule has 2 N–H and O–H groups in total. The molecule has 0 bridgehead atoms. The number of methoxy groups -OCH3 is 2. The number of ether oxygens (including phenoxy) is 2. The van der Waals surface area contributed by atoms with Gasteiger partial charge in [0.2, 0.25) is 5.95 Å². The molecule has 2 rings (SSSR count). The minimum absolute atomic E-state index is 0.179. The predicted molar refractivity (Wildman–Crippen MR) is 56.9 cm³/mol. The number of rotatable bonds is 4. The zero-order valence-electron chi connectivity index (χ0n) is 9.58. The molecule has 1 aromatic heterocycles. The highest BCUT2D eigenvalue weighted by atomic mass is 16.7. The van der Waals surface area contributed by atoms with Crippen LogP contribution in [0.2, 0.25) is 0 Å². The van der Waals surface area contributed by atoms with Crippen molar-refractivity contribution in [3.05, 3.63) is 5.82 Å². The number of carboxylic acid groups (broad SMARTS) is 1. The molecule has 2 heterocycles. The second-order valence-corrected chi connectivity index (χ2v) is 3.63. The summed E-state index contributed by atoms with van der Waals surface area (Å²) in [4.78, 5) is 14.7. The maximum Gasteiger partial charge on any atom is 0.375 e. The molecule has 1 aromatic rings. The van der Waals surface area contributed by atoms with Crippen LogP contribution in [0.4, 0.5) is 5.95 Å². The molecule has 0 amide bonds. The third-order valence-corrected chi connectivity index (χ3v) is 2.64. The normalized spacial score (nSPS) is 18.9. The van der Waals surface area contributed by atoms with E-state index in [-0.39, 0.29) is 11.9 Å². The molecule has 8 heteroatoms. The van der Waals surface area contributed by atoms with E-state index in [1.807, 2.05) is 0 Å². The van der Waals surface area contributed by atoms with E-state index in [9.17, 15) is 4.79 Å². The molecule has 8 nitrogen and oxygen atoms in total. The minimum Gasteiger partial charge on any atom is -0.475 e. The lowest BCUT2D eigenvalue weighted by Crippen LogP contribution is -2.34. The van der Waals surface area contributed by atoms with E-state index in [1.54, 1.807) is 0 Å². The smallest absolute Gasteiger partial charge is 0.375 e. The van der Waals surface area contributed by atoms with Crippen LogP contribution in [-0.2, 0) is 9.47 Å². The van der Waals surface area contributed by atoms with Crippen LogP contribution < -0.4 is 5.32 Å². The summed E-state index contributed by atoms with van der Waals surface area (Å²) in [6.07, 6.45) is 0.251. The first-order valence-corrected chi connectivity index (χ1v) is 5.16. The third-order valence-electron chi connectivity index (χ3n) is 2.64. The molecule has 1 unspecified atom stereocenters. The van der Waals surface area contributed by atoms with Crippen molar-refractivity contribution >= 4 is 11.9 Å². The first kappa shape index (κ1) is 11.8. The van der Waals surface area contributed by atoms with Gasteiger partial charge in [-0.15, -0.1) is 5.10 Å². The molecule has 0 saturated carbocycles. The summed E-state index contributed by atoms with van der Waals surface area (Å²) in [6, 6.07) is -0.179. The Labute approximate surface area is 97.5 Å². The van der Waals surface area contributed by atoms with Gasteiger partial charge in [0.05, 0.1) is 0 Å². The first-order chi connectivity index (χ1) is 8.17. The predicted octanol–water partition coefficient (Wildman–Crippen LogP) is -0.0481. The van der Waals surface area contributed by atoms with Crippen LogP contribution >= 0.6 is 0 Å². The highest BCUT2D eigenvalue weighted by Gasteiger charge is 2.31. The highest BCUT2D eigenvalue weighted by Crippen LogP contribution is 2.26. The molecular weight excluding hydrogens is 228 g/mol. The summed E-state index contributed by atoms with van der Waals surface area (Å²) >= 11 is 0. The number of anilines is 1. The molecule has 0 fully saturated rings. The molecule has 0 saturated heterocycles. The van der Waals surface area contributed by atoms with Crippen LogP contribution in [0.25, 0.3) is 0 Å². The molecule has 0 aromatic carbocycles. The van der Waals surface area contributed by atoms with E-state index in [4.69, 9.17) is 14.6 Å². The van der Waals surface area contributed by atoms with Crippen molar-refractivity contribution in [1.29, 1.82) is 0 Å². The Kier molecular flexibility index (Phi) is 3.25. The Hall–Kier alpha value is -1.67. The standard InChI is InChI=1S/C9H14N4O4/c1-16-8(17-2)5-3-4-10-9-11-6(7(14)15)12-13(5)9/h5,8H,3-4H2,1-2H3,(H,14,15)(H,10,11,12). The minimum atomic E-state index is -1.15. The van der Waals surface area contributed by atoms with Gasteiger partial charge in [0.1, 0.15) is 6.04 Å². The Balaban J connectivity index is 2.33. The van der Waals surface area contributed by atoms with Crippen LogP contribution in [-0.4, -0.2) is 52.9 Å². The van der Waals surface area contributed by atoms with Crippen LogP contribution in [0.15, 0.2) is 0 Å². The van der Waals surface area contributed by atoms with Crippen molar-refractivity contribution in [1.82, 2.24) is 14.8 Å². The molecule has 94 valence electrons. The second kappa shape index (κ2) is 4.68. The summed E-state index contributed by atoms with van der Waals surface area (Å²) in [5.41, 5.74) is 0. The molecule has 0 aliphatic carbocycles. The van der Waals surface area contributed by atoms with Crippen molar-refractivity contribution in [2.45, 2.75) is 18.8 Å². The van der Waals surface area contributed by atoms with E-state index in [2.05, 4.69) is 15.4 Å². The molecule has 17 heavy (non-hydrogen) atoms. The maximum absolute atomic E-state index is 10.8. The van der Waals surface area contributed by atoms with Gasteiger partial charge in [-0.05, 0) is 6.42 Å². The fourth-order valence-corrected chi connectivity index (χ4v) is 1.88. The zero-order valence-corrected chi connectivity index (χ0v) is 9.58. The van der Waals surface area contributed by atoms with Crippen molar-refractivity contribution < 1.29 is 19.4 Å². The van der Waals surface area contributed by atoms with E-state index in [1.165, 1.54) is 18.9 Å². The van der Waals surface area contributed by atoms with Gasteiger partial charge in [0.25, 0.3) is 5.82 Å². The van der Waals surface area contributed by atoms with E-state index in [0.29, 0.717) is 12.5 Å². The number of carboxylic acids is 1. The number of hydrogen-bond donors (Lipinski definition) is 2. The van der Waals surface area contributed by atoms with Crippen LogP contribution in [0.1, 0.15) is 23.1 Å². The van der Waals surface area contributed by atoms with Crippen LogP contribution in [0.5, 0.6) is 0 Å². The summed E-state index contributed by atoms with van der Waals surface area (Å²) < 4.78 is 11.9. The number of aromatic carboxylic acids is 1. The maximum atomic E-state index is 10.8. The summed E-state index contributed by atoms with van der Waals surface area (Å²) in [7, 11) is 3.07. The lowest BCUT2D eigenvalue weighted by molar-refractivity contribution is -0.135. The molecule has 0 spiro atoms. The second-order valence-electron chi connectivity index (χ2n) is 3.63. The summed E-state index contributed by atoms with van der Waals surface area (Å²) in [5.74, 6) is -0.957. The van der Waals surface area contributed by atoms with Crippen LogP contribution in [0.3, 0.4) is 0 Å². The summed E-state index contributed by atoms with van der Waals surface area (Å²) in [5, 5.41) is 15.8. The van der Waals surface area contributed by atoms with E-state index in [0.717, 1.165) is 6.42 Å². The number of fused-ring (bicyclic) bond motifs is 1. The fraction of sp³-hybridized carbons (Fsp3) is 0.667. The van der Waals surface area contributed by atoms with Gasteiger partial charge in [-0.3, -0.25) is 0 Å². The van der Waals surface area contributed by atoms with Gasteiger partial charge in [0.15, 0.2) is 6.29 Å². The van der Waals surface area contributed by atoms with Crippen molar-refractivity contribution in [3.63, 3.8) is 0 Å². The highest BCUT2D eigenvalue weighted by molar-refractivity contribution is 5.83. The summed E-state index contributed by atoms with van der Waals surface area (Å²) in [6.45, 7) is 0.672. The van der Waals surface area contributed by atoms with Gasteiger partial charge < -0.3 is 19.9 Å². The molecule has 1 aliphatic heterocycles. The lowest BCUT2D eigenvalue weighted by atomic mass is 10.2. The molecular formula is C9H14N4O4. The van der Waals surface area contributed by atoms with Gasteiger partial charge in [-0.2, -0.15) is 4.98 Å². The van der Waals surface area contributed by atoms with Crippen molar-refractivity contribution in [2.75, 3.05) is 26.1 Å². The van der Waals surface area contributed by atoms with Crippen molar-refractivity contribution in [2.24, 2.45) is 0 Å². The number of carbonyl (C=O) groups is 1. The van der Waals surface area contributed by atoms with Gasteiger partial charge >= 0.3 is 5.97 Å². The Morgan fingerprint density at radius 2 is 2.29 bits per heavy atom. The lowest BCUT2D eigenvalue weighted by Gasteiger charge is -2.29. The van der Waals surface area contributed by atoms with Crippen LogP contribution in [0, 0.1) is 0 Å². The Morgan fingerprint density at radius 1 is 1.59 bits per heavy atom.